The van der Waals surface area contributed by atoms with E-state index in [-0.39, 0.29) is 6.17 Å². The lowest BCUT2D eigenvalue weighted by molar-refractivity contribution is 0.598. The zero-order chi connectivity index (χ0) is 13.4. The predicted molar refractivity (Wildman–Crippen MR) is 77.5 cm³/mol. The van der Waals surface area contributed by atoms with Crippen LogP contribution in [0.25, 0.3) is 0 Å². The van der Waals surface area contributed by atoms with E-state index in [1.807, 2.05) is 45.4 Å². The van der Waals surface area contributed by atoms with Gasteiger partial charge in [-0.15, -0.1) is 0 Å². The first kappa shape index (κ1) is 14.2. The molecule has 0 aliphatic carbocycles. The predicted octanol–water partition coefficient (Wildman–Crippen LogP) is 1.54. The number of rotatable bonds is 3. The number of likely N-dealkylation sites (N-methyl/N-ethyl adjacent to an activating group) is 1. The van der Waals surface area contributed by atoms with E-state index in [1.165, 1.54) is 0 Å². The first-order valence-electron chi connectivity index (χ1n) is 6.51. The molecule has 100 valence electrons. The van der Waals surface area contributed by atoms with Crippen LogP contribution < -0.4 is 21.3 Å². The van der Waals surface area contributed by atoms with Crippen LogP contribution in [0, 0.1) is 0 Å². The zero-order valence-corrected chi connectivity index (χ0v) is 11.6. The van der Waals surface area contributed by atoms with Crippen molar-refractivity contribution < 1.29 is 0 Å². The smallest absolute Gasteiger partial charge is 0.118 e. The van der Waals surface area contributed by atoms with Crippen molar-refractivity contribution in [3.8, 4) is 0 Å². The van der Waals surface area contributed by atoms with Crippen molar-refractivity contribution in [2.45, 2.75) is 33.0 Å². The van der Waals surface area contributed by atoms with Crippen LogP contribution in [0.4, 0.5) is 0 Å². The average Bonchev–Trinajstić information content (AvgIpc) is 2.41. The van der Waals surface area contributed by atoms with Crippen LogP contribution in [0.3, 0.4) is 0 Å². The minimum atomic E-state index is 0.133. The Bertz CT molecular complexity index is 366. The Morgan fingerprint density at radius 3 is 2.33 bits per heavy atom. The van der Waals surface area contributed by atoms with Crippen LogP contribution in [0.2, 0.25) is 0 Å². The number of nitrogens with one attached hydrogen (secondary N) is 4. The molecule has 2 heterocycles. The van der Waals surface area contributed by atoms with E-state index in [0.29, 0.717) is 6.04 Å². The molecule has 0 spiro atoms. The summed E-state index contributed by atoms with van der Waals surface area (Å²) in [5.41, 5.74) is 2.24. The molecule has 0 radical (unpaired) electrons. The topological polar surface area (TPSA) is 48.1 Å². The van der Waals surface area contributed by atoms with E-state index in [1.54, 1.807) is 0 Å². The van der Waals surface area contributed by atoms with Crippen molar-refractivity contribution in [2.24, 2.45) is 0 Å². The quantitative estimate of drug-likeness (QED) is 0.612. The van der Waals surface area contributed by atoms with E-state index in [0.717, 1.165) is 11.4 Å². The summed E-state index contributed by atoms with van der Waals surface area (Å²) >= 11 is 0. The molecule has 0 saturated heterocycles. The molecule has 18 heavy (non-hydrogen) atoms. The molecule has 4 heteroatoms. The highest BCUT2D eigenvalue weighted by Crippen LogP contribution is 2.05. The summed E-state index contributed by atoms with van der Waals surface area (Å²) < 4.78 is 0. The van der Waals surface area contributed by atoms with Crippen molar-refractivity contribution in [1.29, 1.82) is 0 Å². The fourth-order valence-corrected chi connectivity index (χ4v) is 1.71. The van der Waals surface area contributed by atoms with E-state index in [2.05, 4.69) is 40.3 Å². The van der Waals surface area contributed by atoms with Gasteiger partial charge in [0.25, 0.3) is 0 Å². The minimum absolute atomic E-state index is 0.133. The van der Waals surface area contributed by atoms with Gasteiger partial charge in [0.1, 0.15) is 6.17 Å². The Morgan fingerprint density at radius 2 is 1.67 bits per heavy atom. The largest absolute Gasteiger partial charge is 0.388 e. The second-order valence-electron chi connectivity index (χ2n) is 3.90. The molecule has 2 aliphatic heterocycles. The molecule has 2 rings (SSSR count). The maximum atomic E-state index is 3.41. The zero-order valence-electron chi connectivity index (χ0n) is 11.6. The Kier molecular flexibility index (Phi) is 5.91. The molecule has 4 N–H and O–H groups in total. The Hall–Kier alpha value is -1.84. The summed E-state index contributed by atoms with van der Waals surface area (Å²) in [4.78, 5) is 0. The van der Waals surface area contributed by atoms with E-state index in [9.17, 15) is 0 Å². The highest BCUT2D eigenvalue weighted by Gasteiger charge is 2.09. The van der Waals surface area contributed by atoms with Gasteiger partial charge in [0.2, 0.25) is 0 Å². The lowest BCUT2D eigenvalue weighted by atomic mass is 10.2. The van der Waals surface area contributed by atoms with Crippen LogP contribution in [-0.4, -0.2) is 19.3 Å². The fraction of sp³-hybridized carbons (Fsp3) is 0.429. The third-order valence-corrected chi connectivity index (χ3v) is 2.55. The standard InChI is InChI=1S/C12H18N4.C2H6/c1-9-7-11(4-5-14-9)16-12-8-10(13-2)3-6-15-12;1-2/h3-9,12-16H,1-2H3;1-2H3. The molecule has 0 amide bonds. The Balaban J connectivity index is 0.000000771. The maximum Gasteiger partial charge on any atom is 0.118 e. The van der Waals surface area contributed by atoms with Crippen molar-refractivity contribution >= 4 is 0 Å². The monoisotopic (exact) mass is 248 g/mol. The van der Waals surface area contributed by atoms with Gasteiger partial charge in [0, 0.05) is 30.7 Å². The van der Waals surface area contributed by atoms with Crippen molar-refractivity contribution in [2.75, 3.05) is 7.05 Å². The molecular formula is C14H24N4. The number of allylic oxidation sites excluding steroid dienone is 2. The molecule has 0 aromatic heterocycles. The molecule has 0 aromatic rings. The first-order valence-corrected chi connectivity index (χ1v) is 6.51. The molecule has 0 bridgehead atoms. The normalized spacial score (nSPS) is 24.7. The highest BCUT2D eigenvalue weighted by molar-refractivity contribution is 5.27. The molecule has 2 atom stereocenters. The molecule has 2 unspecified atom stereocenters. The first-order chi connectivity index (χ1) is 8.78. The second kappa shape index (κ2) is 7.48. The van der Waals surface area contributed by atoms with E-state index < -0.39 is 0 Å². The Labute approximate surface area is 110 Å². The minimum Gasteiger partial charge on any atom is -0.388 e. The second-order valence-corrected chi connectivity index (χ2v) is 3.90. The van der Waals surface area contributed by atoms with Crippen LogP contribution in [-0.2, 0) is 0 Å². The van der Waals surface area contributed by atoms with E-state index >= 15 is 0 Å². The lowest BCUT2D eigenvalue weighted by Gasteiger charge is -2.24. The number of hydrogen-bond donors (Lipinski definition) is 4. The summed E-state index contributed by atoms with van der Waals surface area (Å²) in [5.74, 6) is 0. The molecular weight excluding hydrogens is 224 g/mol. The SMILES string of the molecule is CC.CNC1=CC(NC2=CC(C)NC=C2)NC=C1. The molecule has 0 fully saturated rings. The van der Waals surface area contributed by atoms with Crippen LogP contribution in [0.15, 0.2) is 48.1 Å². The fourth-order valence-electron chi connectivity index (χ4n) is 1.71. The third kappa shape index (κ3) is 4.20. The van der Waals surface area contributed by atoms with Gasteiger partial charge in [-0.3, -0.25) is 0 Å². The van der Waals surface area contributed by atoms with Crippen LogP contribution in [0.5, 0.6) is 0 Å². The number of dihydropyridines is 2. The van der Waals surface area contributed by atoms with E-state index in [4.69, 9.17) is 0 Å². The summed E-state index contributed by atoms with van der Waals surface area (Å²) in [6.45, 7) is 6.12. The van der Waals surface area contributed by atoms with Crippen LogP contribution >= 0.6 is 0 Å². The summed E-state index contributed by atoms with van der Waals surface area (Å²) in [6.07, 6.45) is 12.4. The van der Waals surface area contributed by atoms with Gasteiger partial charge < -0.3 is 21.3 Å². The van der Waals surface area contributed by atoms with Gasteiger partial charge in [-0.25, -0.2) is 0 Å². The highest BCUT2D eigenvalue weighted by atomic mass is 15.1. The average molecular weight is 248 g/mol. The van der Waals surface area contributed by atoms with Gasteiger partial charge in [0.05, 0.1) is 0 Å². The van der Waals surface area contributed by atoms with Gasteiger partial charge in [0.15, 0.2) is 0 Å². The van der Waals surface area contributed by atoms with Crippen molar-refractivity contribution in [3.63, 3.8) is 0 Å². The van der Waals surface area contributed by atoms with Gasteiger partial charge >= 0.3 is 0 Å². The van der Waals surface area contributed by atoms with Gasteiger partial charge in [-0.05, 0) is 37.4 Å². The van der Waals surface area contributed by atoms with Gasteiger partial charge in [-0.1, -0.05) is 13.8 Å². The summed E-state index contributed by atoms with van der Waals surface area (Å²) in [5, 5.41) is 13.0. The molecule has 2 aliphatic rings. The van der Waals surface area contributed by atoms with Crippen LogP contribution in [0.1, 0.15) is 20.8 Å². The molecule has 4 nitrogen and oxygen atoms in total. The number of hydrogen-bond acceptors (Lipinski definition) is 4. The summed E-state index contributed by atoms with van der Waals surface area (Å²) in [7, 11) is 1.92. The lowest BCUT2D eigenvalue weighted by Crippen LogP contribution is -2.40. The maximum absolute atomic E-state index is 3.41. The molecule has 0 aromatic carbocycles. The van der Waals surface area contributed by atoms with Crippen molar-refractivity contribution in [1.82, 2.24) is 21.3 Å². The molecule has 0 saturated carbocycles. The van der Waals surface area contributed by atoms with Crippen molar-refractivity contribution in [3.05, 3.63) is 48.1 Å². The third-order valence-electron chi connectivity index (χ3n) is 2.55. The van der Waals surface area contributed by atoms with Gasteiger partial charge in [-0.2, -0.15) is 0 Å². The summed E-state index contributed by atoms with van der Waals surface area (Å²) in [6, 6.07) is 0.374. The Morgan fingerprint density at radius 1 is 1.00 bits per heavy atom.